The highest BCUT2D eigenvalue weighted by atomic mass is 16.2. The van der Waals surface area contributed by atoms with Gasteiger partial charge in [-0.2, -0.15) is 5.10 Å². The molecule has 1 heterocycles. The van der Waals surface area contributed by atoms with Crippen LogP contribution >= 0.6 is 0 Å². The maximum atomic E-state index is 12.8. The van der Waals surface area contributed by atoms with E-state index in [4.69, 9.17) is 0 Å². The number of benzene rings is 1. The van der Waals surface area contributed by atoms with E-state index in [1.807, 2.05) is 19.1 Å². The Morgan fingerprint density at radius 2 is 2.00 bits per heavy atom. The number of aromatic amines is 1. The van der Waals surface area contributed by atoms with Gasteiger partial charge in [-0.3, -0.25) is 14.7 Å². The Balaban J connectivity index is 1.51. The van der Waals surface area contributed by atoms with E-state index in [9.17, 15) is 9.59 Å². The largest absolute Gasteiger partial charge is 0.354 e. The Hall–Kier alpha value is -2.37. The van der Waals surface area contributed by atoms with Gasteiger partial charge in [0.1, 0.15) is 0 Å². The fourth-order valence-corrected chi connectivity index (χ4v) is 4.38. The van der Waals surface area contributed by atoms with Gasteiger partial charge >= 0.3 is 0 Å². The van der Waals surface area contributed by atoms with E-state index in [0.29, 0.717) is 24.4 Å². The minimum Gasteiger partial charge on any atom is -0.354 e. The van der Waals surface area contributed by atoms with Crippen LogP contribution in [0.25, 0.3) is 10.9 Å². The zero-order chi connectivity index (χ0) is 21.0. The second-order valence-electron chi connectivity index (χ2n) is 9.24. The van der Waals surface area contributed by atoms with Crippen molar-refractivity contribution >= 4 is 22.7 Å². The molecule has 2 aromatic rings. The molecule has 1 aromatic heterocycles. The van der Waals surface area contributed by atoms with Crippen LogP contribution in [0.1, 0.15) is 69.7 Å². The van der Waals surface area contributed by atoms with Crippen molar-refractivity contribution in [2.75, 3.05) is 13.6 Å². The third-order valence-electron chi connectivity index (χ3n) is 6.59. The fourth-order valence-electron chi connectivity index (χ4n) is 4.38. The number of nitrogens with zero attached hydrogens (tertiary/aromatic N) is 2. The predicted octanol–water partition coefficient (Wildman–Crippen LogP) is 4.14. The van der Waals surface area contributed by atoms with Crippen LogP contribution < -0.4 is 5.32 Å². The fraction of sp³-hybridized carbons (Fsp3) is 0.609. The number of hydrogen-bond acceptors (Lipinski definition) is 3. The Morgan fingerprint density at radius 1 is 1.28 bits per heavy atom. The Morgan fingerprint density at radius 3 is 2.72 bits per heavy atom. The summed E-state index contributed by atoms with van der Waals surface area (Å²) in [7, 11) is 1.78. The molecule has 0 spiro atoms. The molecule has 2 amide bonds. The number of nitrogens with one attached hydrogen (secondary N) is 2. The van der Waals surface area contributed by atoms with Crippen LogP contribution in [0.15, 0.2) is 24.4 Å². The van der Waals surface area contributed by atoms with E-state index in [-0.39, 0.29) is 23.3 Å². The quantitative estimate of drug-likeness (QED) is 0.736. The van der Waals surface area contributed by atoms with Gasteiger partial charge in [-0.25, -0.2) is 0 Å². The van der Waals surface area contributed by atoms with E-state index < -0.39 is 0 Å². The molecule has 6 heteroatoms. The topological polar surface area (TPSA) is 78.1 Å². The molecule has 1 atom stereocenters. The lowest BCUT2D eigenvalue weighted by atomic mass is 9.69. The summed E-state index contributed by atoms with van der Waals surface area (Å²) in [6, 6.07) is 5.42. The highest BCUT2D eigenvalue weighted by Gasteiger charge is 2.32. The summed E-state index contributed by atoms with van der Waals surface area (Å²) in [6.07, 6.45) is 8.60. The Bertz CT molecular complexity index is 851. The molecule has 0 aliphatic heterocycles. The summed E-state index contributed by atoms with van der Waals surface area (Å²) >= 11 is 0. The zero-order valence-electron chi connectivity index (χ0n) is 18.1. The lowest BCUT2D eigenvalue weighted by molar-refractivity contribution is -0.124. The molecule has 29 heavy (non-hydrogen) atoms. The summed E-state index contributed by atoms with van der Waals surface area (Å²) in [4.78, 5) is 27.1. The van der Waals surface area contributed by atoms with Crippen LogP contribution in [0.5, 0.6) is 0 Å². The molecule has 1 aliphatic rings. The minimum atomic E-state index is -0.0933. The zero-order valence-corrected chi connectivity index (χ0v) is 18.1. The molecule has 2 N–H and O–H groups in total. The first-order chi connectivity index (χ1) is 13.8. The van der Waals surface area contributed by atoms with E-state index in [2.05, 4.69) is 29.4 Å². The van der Waals surface area contributed by atoms with Gasteiger partial charge in [-0.15, -0.1) is 0 Å². The van der Waals surface area contributed by atoms with Crippen LogP contribution in [0, 0.1) is 11.3 Å². The Kier molecular flexibility index (Phi) is 6.60. The van der Waals surface area contributed by atoms with E-state index in [1.54, 1.807) is 24.2 Å². The molecular formula is C23H34N4O2. The van der Waals surface area contributed by atoms with Crippen LogP contribution in [0.3, 0.4) is 0 Å². The summed E-state index contributed by atoms with van der Waals surface area (Å²) < 4.78 is 0. The molecule has 1 aromatic carbocycles. The predicted molar refractivity (Wildman–Crippen MR) is 116 cm³/mol. The van der Waals surface area contributed by atoms with Crippen molar-refractivity contribution in [3.63, 3.8) is 0 Å². The first kappa shape index (κ1) is 21.3. The molecular weight excluding hydrogens is 364 g/mol. The smallest absolute Gasteiger partial charge is 0.253 e. The SMILES string of the molecule is CC(CNC(=O)CC(C)(C)C1CCCCC1)N(C)C(=O)c1ccc2[nH]ncc2c1. The maximum Gasteiger partial charge on any atom is 0.253 e. The normalized spacial score (nSPS) is 16.6. The molecule has 1 saturated carbocycles. The van der Waals surface area contributed by atoms with Crippen LogP contribution in [0.4, 0.5) is 0 Å². The van der Waals surface area contributed by atoms with Gasteiger partial charge in [-0.05, 0) is 49.3 Å². The third-order valence-corrected chi connectivity index (χ3v) is 6.59. The number of carbonyl (C=O) groups is 2. The van der Waals surface area contributed by atoms with Gasteiger partial charge in [0.05, 0.1) is 11.7 Å². The second-order valence-corrected chi connectivity index (χ2v) is 9.24. The second kappa shape index (κ2) is 8.97. The van der Waals surface area contributed by atoms with Gasteiger partial charge < -0.3 is 10.2 Å². The molecule has 1 fully saturated rings. The van der Waals surface area contributed by atoms with Gasteiger partial charge in [0, 0.05) is 37.0 Å². The molecule has 0 bridgehead atoms. The van der Waals surface area contributed by atoms with Crippen molar-refractivity contribution in [2.45, 2.75) is 65.3 Å². The Labute approximate surface area is 173 Å². The highest BCUT2D eigenvalue weighted by molar-refractivity contribution is 5.97. The van der Waals surface area contributed by atoms with E-state index >= 15 is 0 Å². The van der Waals surface area contributed by atoms with Gasteiger partial charge in [0.2, 0.25) is 5.91 Å². The molecule has 1 unspecified atom stereocenters. The molecule has 158 valence electrons. The van der Waals surface area contributed by atoms with Crippen LogP contribution in [-0.4, -0.2) is 46.5 Å². The number of H-pyrrole nitrogens is 1. The molecule has 0 radical (unpaired) electrons. The maximum absolute atomic E-state index is 12.8. The molecule has 1 aliphatic carbocycles. The average Bonchev–Trinajstić information content (AvgIpc) is 3.19. The highest BCUT2D eigenvalue weighted by Crippen LogP contribution is 2.40. The first-order valence-electron chi connectivity index (χ1n) is 10.7. The van der Waals surface area contributed by atoms with Crippen LogP contribution in [-0.2, 0) is 4.79 Å². The number of aromatic nitrogens is 2. The standard InChI is InChI=1S/C23H34N4O2/c1-16(14-24-21(28)13-23(2,3)19-8-6-5-7-9-19)27(4)22(29)17-10-11-20-18(12-17)15-25-26-20/h10-12,15-16,19H,5-9,13-14H2,1-4H3,(H,24,28)(H,25,26). The van der Waals surface area contributed by atoms with Crippen molar-refractivity contribution in [3.8, 4) is 0 Å². The van der Waals surface area contributed by atoms with Crippen molar-refractivity contribution in [3.05, 3.63) is 30.0 Å². The van der Waals surface area contributed by atoms with Crippen molar-refractivity contribution in [2.24, 2.45) is 11.3 Å². The van der Waals surface area contributed by atoms with Gasteiger partial charge in [0.25, 0.3) is 5.91 Å². The number of likely N-dealkylation sites (N-methyl/N-ethyl adjacent to an activating group) is 1. The lowest BCUT2D eigenvalue weighted by Gasteiger charge is -2.36. The lowest BCUT2D eigenvalue weighted by Crippen LogP contribution is -2.44. The first-order valence-corrected chi connectivity index (χ1v) is 10.7. The number of carbonyl (C=O) groups excluding carboxylic acids is 2. The van der Waals surface area contributed by atoms with Crippen LogP contribution in [0.2, 0.25) is 0 Å². The van der Waals surface area contributed by atoms with E-state index in [0.717, 1.165) is 10.9 Å². The van der Waals surface area contributed by atoms with Gasteiger partial charge in [0.15, 0.2) is 0 Å². The average molecular weight is 399 g/mol. The van der Waals surface area contributed by atoms with E-state index in [1.165, 1.54) is 32.1 Å². The monoisotopic (exact) mass is 398 g/mol. The molecule has 3 rings (SSSR count). The third kappa shape index (κ3) is 5.17. The van der Waals surface area contributed by atoms with Crippen molar-refractivity contribution < 1.29 is 9.59 Å². The summed E-state index contributed by atoms with van der Waals surface area (Å²) in [5.41, 5.74) is 1.55. The number of hydrogen-bond donors (Lipinski definition) is 2. The van der Waals surface area contributed by atoms with Crippen molar-refractivity contribution in [1.82, 2.24) is 20.4 Å². The molecule has 0 saturated heterocycles. The summed E-state index contributed by atoms with van der Waals surface area (Å²) in [6.45, 7) is 6.85. The number of rotatable bonds is 7. The van der Waals surface area contributed by atoms with Crippen molar-refractivity contribution in [1.29, 1.82) is 0 Å². The minimum absolute atomic E-state index is 0.0233. The summed E-state index contributed by atoms with van der Waals surface area (Å²) in [5.74, 6) is 0.645. The molecule has 6 nitrogen and oxygen atoms in total. The van der Waals surface area contributed by atoms with Gasteiger partial charge in [-0.1, -0.05) is 33.1 Å². The number of fused-ring (bicyclic) bond motifs is 1. The number of amides is 2. The summed E-state index contributed by atoms with van der Waals surface area (Å²) in [5, 5.41) is 10.8.